The first-order valence-electron chi connectivity index (χ1n) is 15.5. The highest BCUT2D eigenvalue weighted by Gasteiger charge is 2.69. The van der Waals surface area contributed by atoms with Gasteiger partial charge in [-0.2, -0.15) is 0 Å². The fraction of sp³-hybridized carbons (Fsp3) is 0.966. The lowest BCUT2D eigenvalue weighted by Crippen LogP contribution is -2.75. The van der Waals surface area contributed by atoms with Crippen LogP contribution in [0.4, 0.5) is 0 Å². The lowest BCUT2D eigenvalue weighted by Gasteiger charge is -2.67. The second kappa shape index (κ2) is 6.97. The molecular weight excluding hydrogens is 401 g/mol. The topological polar surface area (TPSA) is 18.8 Å². The molecule has 178 valence electrons. The molecule has 3 nitrogen and oxygen atoms in total. The van der Waals surface area contributed by atoms with Crippen molar-refractivity contribution in [3.8, 4) is 0 Å². The Labute approximate surface area is 201 Å². The van der Waals surface area contributed by atoms with Gasteiger partial charge in [0.15, 0.2) is 12.7 Å². The summed E-state index contributed by atoms with van der Waals surface area (Å²) >= 11 is 0. The van der Waals surface area contributed by atoms with Gasteiger partial charge in [-0.15, -0.1) is 0 Å². The molecule has 8 fully saturated rings. The van der Waals surface area contributed by atoms with Crippen molar-refractivity contribution in [2.24, 2.45) is 28.7 Å². The van der Waals surface area contributed by atoms with Gasteiger partial charge in [0.2, 0.25) is 0 Å². The fourth-order valence-electron chi connectivity index (χ4n) is 12.8. The van der Waals surface area contributed by atoms with Crippen LogP contribution in [0.3, 0.4) is 0 Å². The molecular formula is C29H44BN3. The highest BCUT2D eigenvalue weighted by molar-refractivity contribution is 6.65. The molecule has 0 aromatic carbocycles. The Bertz CT molecular complexity index is 858. The maximum atomic E-state index is 5.71. The second-order valence-corrected chi connectivity index (χ2v) is 14.2. The fourth-order valence-corrected chi connectivity index (χ4v) is 12.8. The summed E-state index contributed by atoms with van der Waals surface area (Å²) in [4.78, 5) is 11.9. The molecule has 0 aromatic heterocycles. The average Bonchev–Trinajstić information content (AvgIpc) is 3.42. The van der Waals surface area contributed by atoms with E-state index in [9.17, 15) is 0 Å². The SMILES string of the molecule is C1CCC2C(C1)N=C1N2C2CCCC3CCC4B5C6CCCCC6C6CCCC(C56)N1C4C32. The van der Waals surface area contributed by atoms with Crippen LogP contribution in [0.2, 0.25) is 17.5 Å². The van der Waals surface area contributed by atoms with Crippen molar-refractivity contribution in [2.45, 2.75) is 150 Å². The molecule has 12 unspecified atom stereocenters. The van der Waals surface area contributed by atoms with Crippen LogP contribution in [0.1, 0.15) is 103 Å². The molecule has 12 atom stereocenters. The monoisotopic (exact) mass is 445 g/mol. The summed E-state index contributed by atoms with van der Waals surface area (Å²) in [7, 11) is 0. The van der Waals surface area contributed by atoms with Gasteiger partial charge in [-0.25, -0.2) is 4.99 Å². The zero-order valence-corrected chi connectivity index (χ0v) is 20.7. The molecule has 4 heteroatoms. The molecule has 4 aliphatic heterocycles. The van der Waals surface area contributed by atoms with E-state index in [0.717, 1.165) is 72.0 Å². The van der Waals surface area contributed by atoms with Crippen LogP contribution in [-0.4, -0.2) is 52.7 Å². The zero-order chi connectivity index (χ0) is 21.3. The van der Waals surface area contributed by atoms with Gasteiger partial charge in [-0.05, 0) is 61.5 Å². The summed E-state index contributed by atoms with van der Waals surface area (Å²) in [6, 6.07) is 3.97. The van der Waals surface area contributed by atoms with E-state index < -0.39 is 0 Å². The summed E-state index contributed by atoms with van der Waals surface area (Å²) < 4.78 is 0. The minimum Gasteiger partial charge on any atom is -0.337 e. The van der Waals surface area contributed by atoms with E-state index in [1.165, 1.54) is 57.8 Å². The lowest BCUT2D eigenvalue weighted by molar-refractivity contribution is -0.0577. The summed E-state index contributed by atoms with van der Waals surface area (Å²) in [6.45, 7) is 1.09. The Morgan fingerprint density at radius 3 is 2.39 bits per heavy atom. The summed E-state index contributed by atoms with van der Waals surface area (Å²) in [5.41, 5.74) is 0. The highest BCUT2D eigenvalue weighted by Crippen LogP contribution is 2.69. The van der Waals surface area contributed by atoms with Crippen molar-refractivity contribution >= 4 is 12.7 Å². The molecule has 0 radical (unpaired) electrons. The normalized spacial score (nSPS) is 55.8. The predicted molar refractivity (Wildman–Crippen MR) is 135 cm³/mol. The van der Waals surface area contributed by atoms with E-state index in [2.05, 4.69) is 9.80 Å². The third kappa shape index (κ3) is 2.38. The molecule has 0 bridgehead atoms. The summed E-state index contributed by atoms with van der Waals surface area (Å²) in [5, 5.41) is 0. The van der Waals surface area contributed by atoms with E-state index in [1.54, 1.807) is 50.9 Å². The van der Waals surface area contributed by atoms with Gasteiger partial charge < -0.3 is 9.80 Å². The molecule has 0 N–H and O–H groups in total. The Hall–Kier alpha value is -0.665. The van der Waals surface area contributed by atoms with Crippen molar-refractivity contribution in [2.75, 3.05) is 0 Å². The van der Waals surface area contributed by atoms with Crippen molar-refractivity contribution in [3.05, 3.63) is 0 Å². The molecule has 0 amide bonds. The van der Waals surface area contributed by atoms with Gasteiger partial charge in [0.25, 0.3) is 0 Å². The van der Waals surface area contributed by atoms with Crippen LogP contribution in [0.15, 0.2) is 4.99 Å². The third-order valence-electron chi connectivity index (χ3n) is 13.4. The first-order chi connectivity index (χ1) is 16.4. The molecule has 9 aliphatic rings. The molecule has 5 saturated carbocycles. The minimum atomic E-state index is 0.635. The quantitative estimate of drug-likeness (QED) is 0.412. The Morgan fingerprint density at radius 2 is 1.39 bits per heavy atom. The van der Waals surface area contributed by atoms with Crippen molar-refractivity contribution in [1.29, 1.82) is 0 Å². The van der Waals surface area contributed by atoms with Crippen molar-refractivity contribution < 1.29 is 0 Å². The van der Waals surface area contributed by atoms with Crippen molar-refractivity contribution in [1.82, 2.24) is 9.80 Å². The van der Waals surface area contributed by atoms with Crippen LogP contribution in [0.25, 0.3) is 0 Å². The van der Waals surface area contributed by atoms with Crippen LogP contribution in [0.5, 0.6) is 0 Å². The second-order valence-electron chi connectivity index (χ2n) is 14.2. The maximum absolute atomic E-state index is 5.71. The summed E-state index contributed by atoms with van der Waals surface area (Å²) in [5.74, 6) is 8.88. The first kappa shape index (κ1) is 19.5. The Kier molecular flexibility index (Phi) is 4.12. The molecule has 9 rings (SSSR count). The van der Waals surface area contributed by atoms with E-state index in [-0.39, 0.29) is 0 Å². The number of hydrogen-bond acceptors (Lipinski definition) is 3. The smallest absolute Gasteiger partial charge is 0.198 e. The first-order valence-corrected chi connectivity index (χ1v) is 15.5. The molecule has 0 aromatic rings. The van der Waals surface area contributed by atoms with Gasteiger partial charge in [-0.3, -0.25) is 0 Å². The van der Waals surface area contributed by atoms with Crippen LogP contribution >= 0.6 is 0 Å². The number of fused-ring (bicyclic) bond motifs is 10. The van der Waals surface area contributed by atoms with Gasteiger partial charge >= 0.3 is 0 Å². The lowest BCUT2D eigenvalue weighted by atomic mass is 9.23. The van der Waals surface area contributed by atoms with Gasteiger partial charge in [0.05, 0.1) is 12.1 Å². The number of aliphatic imine (C=N–C) groups is 1. The number of guanidine groups is 1. The van der Waals surface area contributed by atoms with E-state index in [1.807, 2.05) is 0 Å². The molecule has 0 spiro atoms. The van der Waals surface area contributed by atoms with Gasteiger partial charge in [0, 0.05) is 24.0 Å². The number of nitrogens with zero attached hydrogens (tertiary/aromatic N) is 3. The highest BCUT2D eigenvalue weighted by atomic mass is 15.5. The standard InChI is InChI=1S/C29H44BN3/c1-2-10-20-18(8-1)19-9-6-14-25-27(19)30(20)21-16-15-17-7-5-13-24-26(17)28(21)33(25)29-31-22-11-3-4-12-23(22)32(24)29/h17-28H,1-16H2. The van der Waals surface area contributed by atoms with Gasteiger partial charge in [-0.1, -0.05) is 76.4 Å². The number of rotatable bonds is 0. The number of hydrogen-bond donors (Lipinski definition) is 0. The molecule has 4 heterocycles. The van der Waals surface area contributed by atoms with Crippen LogP contribution in [0, 0.1) is 23.7 Å². The summed E-state index contributed by atoms with van der Waals surface area (Å²) in [6.07, 6.45) is 24.1. The van der Waals surface area contributed by atoms with E-state index in [4.69, 9.17) is 4.99 Å². The zero-order valence-electron chi connectivity index (χ0n) is 20.7. The van der Waals surface area contributed by atoms with Crippen molar-refractivity contribution in [3.63, 3.8) is 0 Å². The molecule has 3 saturated heterocycles. The average molecular weight is 446 g/mol. The predicted octanol–water partition coefficient (Wildman–Crippen LogP) is 6.22. The minimum absolute atomic E-state index is 0.635. The molecule has 33 heavy (non-hydrogen) atoms. The Balaban J connectivity index is 1.21. The van der Waals surface area contributed by atoms with E-state index >= 15 is 0 Å². The largest absolute Gasteiger partial charge is 0.337 e. The van der Waals surface area contributed by atoms with Crippen LogP contribution < -0.4 is 0 Å². The van der Waals surface area contributed by atoms with E-state index in [0.29, 0.717) is 6.04 Å². The Morgan fingerprint density at radius 1 is 0.606 bits per heavy atom. The molecule has 5 aliphatic carbocycles. The van der Waals surface area contributed by atoms with Gasteiger partial charge in [0.1, 0.15) is 0 Å². The third-order valence-corrected chi connectivity index (χ3v) is 13.4. The van der Waals surface area contributed by atoms with Crippen LogP contribution in [-0.2, 0) is 0 Å². The maximum Gasteiger partial charge on any atom is 0.198 e.